The molecule has 7 nitrogen and oxygen atoms in total. The van der Waals surface area contributed by atoms with Gasteiger partial charge >= 0.3 is 0 Å². The van der Waals surface area contributed by atoms with Crippen molar-refractivity contribution >= 4 is 15.9 Å². The number of imidazole rings is 1. The highest BCUT2D eigenvalue weighted by atomic mass is 79.9. The molecule has 1 heterocycles. The van der Waals surface area contributed by atoms with Crippen LogP contribution in [-0.2, 0) is 18.6 Å². The van der Waals surface area contributed by atoms with Crippen molar-refractivity contribution in [1.82, 2.24) is 9.55 Å². The third-order valence-electron chi connectivity index (χ3n) is 3.72. The summed E-state index contributed by atoms with van der Waals surface area (Å²) in [4.78, 5) is 12.4. The Morgan fingerprint density at radius 2 is 1.77 bits per heavy atom. The predicted octanol–water partition coefficient (Wildman–Crippen LogP) is 3.43. The van der Waals surface area contributed by atoms with Crippen LogP contribution >= 0.6 is 15.9 Å². The molecule has 1 atom stereocenters. The lowest BCUT2D eigenvalue weighted by Crippen LogP contribution is -2.33. The van der Waals surface area contributed by atoms with Gasteiger partial charge in [-0.3, -0.25) is 0 Å². The molecule has 1 aromatic heterocycles. The van der Waals surface area contributed by atoms with Gasteiger partial charge in [0.15, 0.2) is 0 Å². The summed E-state index contributed by atoms with van der Waals surface area (Å²) in [5, 5.41) is 25.0. The molecule has 136 valence electrons. The Bertz CT molecular complexity index is 806. The topological polar surface area (TPSA) is 101 Å². The quantitative estimate of drug-likeness (QED) is 0.487. The third kappa shape index (κ3) is 5.98. The SMILES string of the molecule is O=[N+]([O-])O.OC(Cc1ccccc1)(Cn1ccnc1)c1ccc(Br)cc1. The zero-order chi connectivity index (χ0) is 19.0. The van der Waals surface area contributed by atoms with E-state index in [9.17, 15) is 5.11 Å². The van der Waals surface area contributed by atoms with E-state index in [0.29, 0.717) is 13.0 Å². The van der Waals surface area contributed by atoms with Gasteiger partial charge in [0.05, 0.1) is 12.9 Å². The van der Waals surface area contributed by atoms with Crippen LogP contribution in [0.4, 0.5) is 0 Å². The van der Waals surface area contributed by atoms with Gasteiger partial charge < -0.3 is 14.9 Å². The van der Waals surface area contributed by atoms with E-state index in [0.717, 1.165) is 15.6 Å². The van der Waals surface area contributed by atoms with E-state index in [1.165, 1.54) is 0 Å². The van der Waals surface area contributed by atoms with E-state index >= 15 is 0 Å². The maximum atomic E-state index is 11.3. The molecule has 3 rings (SSSR count). The fourth-order valence-electron chi connectivity index (χ4n) is 2.63. The first-order valence-corrected chi connectivity index (χ1v) is 8.50. The van der Waals surface area contributed by atoms with Gasteiger partial charge in [0.1, 0.15) is 5.60 Å². The Balaban J connectivity index is 0.000000552. The van der Waals surface area contributed by atoms with E-state index in [-0.39, 0.29) is 0 Å². The molecule has 8 heteroatoms. The molecule has 0 amide bonds. The predicted molar refractivity (Wildman–Crippen MR) is 99.2 cm³/mol. The number of hydrogen-bond donors (Lipinski definition) is 2. The van der Waals surface area contributed by atoms with Gasteiger partial charge in [0.2, 0.25) is 0 Å². The summed E-state index contributed by atoms with van der Waals surface area (Å²) in [5.74, 6) is 0. The fraction of sp³-hybridized carbons (Fsp3) is 0.167. The first kappa shape index (κ1) is 19.6. The molecule has 0 saturated heterocycles. The molecule has 0 aliphatic heterocycles. The van der Waals surface area contributed by atoms with Gasteiger partial charge in [0.25, 0.3) is 5.09 Å². The molecule has 0 radical (unpaired) electrons. The lowest BCUT2D eigenvalue weighted by Gasteiger charge is -2.29. The van der Waals surface area contributed by atoms with Crippen molar-refractivity contribution in [3.05, 3.63) is 99.0 Å². The van der Waals surface area contributed by atoms with Crippen LogP contribution in [0.3, 0.4) is 0 Å². The van der Waals surface area contributed by atoms with Crippen LogP contribution in [0.2, 0.25) is 0 Å². The van der Waals surface area contributed by atoms with E-state index < -0.39 is 10.7 Å². The summed E-state index contributed by atoms with van der Waals surface area (Å²) in [6, 6.07) is 17.9. The number of nitrogens with zero attached hydrogens (tertiary/aromatic N) is 3. The minimum atomic E-state index is -1.50. The maximum Gasteiger partial charge on any atom is 0.291 e. The van der Waals surface area contributed by atoms with Crippen LogP contribution in [0.25, 0.3) is 0 Å². The van der Waals surface area contributed by atoms with Crippen molar-refractivity contribution in [3.8, 4) is 0 Å². The molecular formula is C18H18BrN3O4. The number of hydrogen-bond acceptors (Lipinski definition) is 4. The second-order valence-electron chi connectivity index (χ2n) is 5.67. The molecule has 0 fully saturated rings. The highest BCUT2D eigenvalue weighted by Gasteiger charge is 2.30. The molecule has 2 aromatic carbocycles. The smallest absolute Gasteiger partial charge is 0.291 e. The first-order chi connectivity index (χ1) is 12.4. The first-order valence-electron chi connectivity index (χ1n) is 7.70. The van der Waals surface area contributed by atoms with Gasteiger partial charge in [-0.1, -0.05) is 58.4 Å². The molecule has 0 saturated carbocycles. The molecule has 0 spiro atoms. The summed E-state index contributed by atoms with van der Waals surface area (Å²) in [5.41, 5.74) is 1.02. The van der Waals surface area contributed by atoms with Crippen molar-refractivity contribution in [2.45, 2.75) is 18.6 Å². The normalized spacial score (nSPS) is 12.5. The van der Waals surface area contributed by atoms with Crippen molar-refractivity contribution in [2.75, 3.05) is 0 Å². The van der Waals surface area contributed by atoms with Gasteiger partial charge in [-0.15, -0.1) is 10.1 Å². The van der Waals surface area contributed by atoms with E-state index in [2.05, 4.69) is 20.9 Å². The van der Waals surface area contributed by atoms with Crippen molar-refractivity contribution < 1.29 is 15.4 Å². The van der Waals surface area contributed by atoms with E-state index in [1.807, 2.05) is 65.4 Å². The number of rotatable bonds is 5. The molecule has 3 aromatic rings. The maximum absolute atomic E-state index is 11.3. The lowest BCUT2D eigenvalue weighted by molar-refractivity contribution is -0.742. The van der Waals surface area contributed by atoms with Gasteiger partial charge in [0, 0.05) is 23.3 Å². The van der Waals surface area contributed by atoms with Crippen LogP contribution in [0.5, 0.6) is 0 Å². The number of aromatic nitrogens is 2. The van der Waals surface area contributed by atoms with Crippen LogP contribution in [-0.4, -0.2) is 25.0 Å². The average molecular weight is 420 g/mol. The molecule has 1 unspecified atom stereocenters. The average Bonchev–Trinajstić information content (AvgIpc) is 3.08. The Morgan fingerprint density at radius 3 is 2.31 bits per heavy atom. The minimum Gasteiger partial charge on any atom is -0.383 e. The molecule has 2 N–H and O–H groups in total. The molecule has 0 aliphatic rings. The fourth-order valence-corrected chi connectivity index (χ4v) is 2.89. The molecule has 0 bridgehead atoms. The van der Waals surface area contributed by atoms with Crippen molar-refractivity contribution in [2.24, 2.45) is 0 Å². The number of halogens is 1. The van der Waals surface area contributed by atoms with Crippen molar-refractivity contribution in [3.63, 3.8) is 0 Å². The Labute approximate surface area is 158 Å². The second kappa shape index (κ2) is 9.12. The number of aliphatic hydroxyl groups is 1. The van der Waals surface area contributed by atoms with Crippen molar-refractivity contribution in [1.29, 1.82) is 0 Å². The third-order valence-corrected chi connectivity index (χ3v) is 4.25. The van der Waals surface area contributed by atoms with Gasteiger partial charge in [-0.05, 0) is 23.3 Å². The summed E-state index contributed by atoms with van der Waals surface area (Å²) >= 11 is 3.44. The van der Waals surface area contributed by atoms with Gasteiger partial charge in [-0.2, -0.15) is 0 Å². The Kier molecular flexibility index (Phi) is 6.88. The highest BCUT2D eigenvalue weighted by molar-refractivity contribution is 9.10. The van der Waals surface area contributed by atoms with Crippen LogP contribution in [0.1, 0.15) is 11.1 Å². The minimum absolute atomic E-state index is 0.462. The van der Waals surface area contributed by atoms with E-state index in [1.54, 1.807) is 12.5 Å². The van der Waals surface area contributed by atoms with Crippen LogP contribution < -0.4 is 0 Å². The largest absolute Gasteiger partial charge is 0.383 e. The molecule has 26 heavy (non-hydrogen) atoms. The van der Waals surface area contributed by atoms with Crippen LogP contribution in [0, 0.1) is 10.1 Å². The Hall–Kier alpha value is -2.71. The summed E-state index contributed by atoms with van der Waals surface area (Å²) < 4.78 is 2.91. The summed E-state index contributed by atoms with van der Waals surface area (Å²) in [7, 11) is 0. The highest BCUT2D eigenvalue weighted by Crippen LogP contribution is 2.29. The zero-order valence-corrected chi connectivity index (χ0v) is 15.4. The zero-order valence-electron chi connectivity index (χ0n) is 13.8. The monoisotopic (exact) mass is 419 g/mol. The molecule has 0 aliphatic carbocycles. The van der Waals surface area contributed by atoms with Gasteiger partial charge in [-0.25, -0.2) is 4.98 Å². The Morgan fingerprint density at radius 1 is 1.15 bits per heavy atom. The lowest BCUT2D eigenvalue weighted by atomic mass is 9.87. The summed E-state index contributed by atoms with van der Waals surface area (Å²) in [6.07, 6.45) is 5.88. The van der Waals surface area contributed by atoms with E-state index in [4.69, 9.17) is 15.3 Å². The molecular weight excluding hydrogens is 402 g/mol. The second-order valence-corrected chi connectivity index (χ2v) is 6.59. The van der Waals surface area contributed by atoms with Crippen LogP contribution in [0.15, 0.2) is 77.8 Å². The number of benzene rings is 2. The standard InChI is InChI=1S/C18H17BrN2O.HNO3/c19-17-8-6-16(7-9-17)18(22,13-21-11-10-20-14-21)12-15-4-2-1-3-5-15;2-1(3)4/h1-11,14,22H,12-13H2;(H,2,3,4). The summed E-state index contributed by atoms with van der Waals surface area (Å²) in [6.45, 7) is 0.462.